The van der Waals surface area contributed by atoms with E-state index in [0.717, 1.165) is 11.1 Å². The van der Waals surface area contributed by atoms with Crippen LogP contribution in [0.15, 0.2) is 42.5 Å². The topological polar surface area (TPSA) is 75.6 Å². The highest BCUT2D eigenvalue weighted by Crippen LogP contribution is 2.25. The van der Waals surface area contributed by atoms with Gasteiger partial charge in [0, 0.05) is 12.1 Å². The molecule has 2 N–H and O–H groups in total. The predicted molar refractivity (Wildman–Crippen MR) is 102 cm³/mol. The van der Waals surface area contributed by atoms with Crippen LogP contribution in [0, 0.1) is 5.92 Å². The summed E-state index contributed by atoms with van der Waals surface area (Å²) in [5.41, 5.74) is 2.57. The molecule has 0 aromatic heterocycles. The first-order chi connectivity index (χ1) is 12.4. The van der Waals surface area contributed by atoms with Crippen LogP contribution < -0.4 is 10.1 Å². The minimum atomic E-state index is -0.819. The number of aryl methyl sites for hydroxylation is 1. The molecular formula is C20H22ClNO4. The molecule has 0 saturated carbocycles. The van der Waals surface area contributed by atoms with E-state index in [9.17, 15) is 9.59 Å². The van der Waals surface area contributed by atoms with E-state index in [1.807, 2.05) is 18.2 Å². The van der Waals surface area contributed by atoms with E-state index in [4.69, 9.17) is 21.4 Å². The van der Waals surface area contributed by atoms with E-state index in [0.29, 0.717) is 35.7 Å². The lowest BCUT2D eigenvalue weighted by molar-refractivity contribution is -0.141. The van der Waals surface area contributed by atoms with Crippen LogP contribution in [-0.2, 0) is 22.4 Å². The summed E-state index contributed by atoms with van der Waals surface area (Å²) in [7, 11) is 1.56. The molecule has 26 heavy (non-hydrogen) atoms. The lowest BCUT2D eigenvalue weighted by Crippen LogP contribution is -2.13. The summed E-state index contributed by atoms with van der Waals surface area (Å²) in [6, 6.07) is 12.7. The van der Waals surface area contributed by atoms with Gasteiger partial charge >= 0.3 is 5.97 Å². The second kappa shape index (κ2) is 9.25. The van der Waals surface area contributed by atoms with Crippen molar-refractivity contribution in [2.24, 2.45) is 5.92 Å². The molecule has 0 radical (unpaired) electrons. The zero-order valence-corrected chi connectivity index (χ0v) is 15.5. The Hall–Kier alpha value is -2.53. The Kier molecular flexibility index (Phi) is 7.04. The molecule has 1 unspecified atom stereocenters. The van der Waals surface area contributed by atoms with Crippen molar-refractivity contribution in [3.63, 3.8) is 0 Å². The number of carboxylic acids is 1. The van der Waals surface area contributed by atoms with Crippen molar-refractivity contribution in [1.29, 1.82) is 0 Å². The van der Waals surface area contributed by atoms with Gasteiger partial charge in [-0.25, -0.2) is 0 Å². The number of amides is 1. The molecule has 0 heterocycles. The average Bonchev–Trinajstić information content (AvgIpc) is 2.61. The lowest BCUT2D eigenvalue weighted by Gasteiger charge is -2.09. The summed E-state index contributed by atoms with van der Waals surface area (Å²) in [5.74, 6) is -0.742. The zero-order valence-electron chi connectivity index (χ0n) is 14.8. The van der Waals surface area contributed by atoms with Gasteiger partial charge in [0.25, 0.3) is 0 Å². The van der Waals surface area contributed by atoms with Gasteiger partial charge in [0.05, 0.1) is 18.1 Å². The second-order valence-electron chi connectivity index (χ2n) is 6.16. The average molecular weight is 376 g/mol. The van der Waals surface area contributed by atoms with Crippen LogP contribution in [0.2, 0.25) is 5.02 Å². The predicted octanol–water partition coefficient (Wildman–Crippen LogP) is 4.18. The maximum Gasteiger partial charge on any atom is 0.306 e. The fraction of sp³-hybridized carbons (Fsp3) is 0.300. The summed E-state index contributed by atoms with van der Waals surface area (Å²) in [6.07, 6.45) is 1.37. The third-order valence-electron chi connectivity index (χ3n) is 4.06. The Labute approximate surface area is 157 Å². The monoisotopic (exact) mass is 375 g/mol. The minimum Gasteiger partial charge on any atom is -0.495 e. The molecule has 5 nitrogen and oxygen atoms in total. The first-order valence-electron chi connectivity index (χ1n) is 8.33. The molecule has 2 rings (SSSR count). The maximum absolute atomic E-state index is 12.1. The van der Waals surface area contributed by atoms with Gasteiger partial charge in [-0.05, 0) is 48.2 Å². The minimum absolute atomic E-state index is 0.0939. The molecular weight excluding hydrogens is 354 g/mol. The van der Waals surface area contributed by atoms with Gasteiger partial charge in [0.15, 0.2) is 0 Å². The number of anilines is 1. The highest BCUT2D eigenvalue weighted by molar-refractivity contribution is 6.32. The lowest BCUT2D eigenvalue weighted by atomic mass is 10.0. The molecule has 0 fully saturated rings. The van der Waals surface area contributed by atoms with Gasteiger partial charge < -0.3 is 15.2 Å². The van der Waals surface area contributed by atoms with Gasteiger partial charge in [0.1, 0.15) is 5.75 Å². The van der Waals surface area contributed by atoms with Crippen molar-refractivity contribution >= 4 is 29.2 Å². The molecule has 0 bridgehead atoms. The summed E-state index contributed by atoms with van der Waals surface area (Å²) < 4.78 is 5.11. The van der Waals surface area contributed by atoms with E-state index in [-0.39, 0.29) is 5.91 Å². The number of methoxy groups -OCH3 is 1. The van der Waals surface area contributed by atoms with Gasteiger partial charge in [-0.2, -0.15) is 0 Å². The van der Waals surface area contributed by atoms with Crippen LogP contribution in [0.1, 0.15) is 24.5 Å². The van der Waals surface area contributed by atoms with Crippen molar-refractivity contribution in [3.8, 4) is 5.75 Å². The molecule has 1 atom stereocenters. The molecule has 138 valence electrons. The highest BCUT2D eigenvalue weighted by atomic mass is 35.5. The first kappa shape index (κ1) is 19.8. The Balaban J connectivity index is 1.85. The second-order valence-corrected chi connectivity index (χ2v) is 6.56. The Bertz CT molecular complexity index is 774. The summed E-state index contributed by atoms with van der Waals surface area (Å²) in [4.78, 5) is 23.0. The van der Waals surface area contributed by atoms with E-state index in [1.54, 1.807) is 38.3 Å². The molecule has 0 aliphatic rings. The summed E-state index contributed by atoms with van der Waals surface area (Å²) in [6.45, 7) is 1.67. The molecule has 6 heteroatoms. The summed E-state index contributed by atoms with van der Waals surface area (Å²) in [5, 5.41) is 12.3. The Morgan fingerprint density at radius 2 is 1.81 bits per heavy atom. The molecule has 0 aliphatic carbocycles. The van der Waals surface area contributed by atoms with Gasteiger partial charge in [0.2, 0.25) is 5.91 Å². The van der Waals surface area contributed by atoms with E-state index < -0.39 is 11.9 Å². The number of carboxylic acid groups (broad SMARTS) is 1. The number of carbonyl (C=O) groups is 2. The largest absolute Gasteiger partial charge is 0.495 e. The van der Waals surface area contributed by atoms with E-state index in [1.165, 1.54) is 0 Å². The SMILES string of the molecule is COc1ccc(CCC(=O)Nc2ccc(CC(C)C(=O)O)cc2)cc1Cl. The number of hydrogen-bond donors (Lipinski definition) is 2. The van der Waals surface area contributed by atoms with Crippen molar-refractivity contribution in [3.05, 3.63) is 58.6 Å². The molecule has 0 spiro atoms. The number of benzene rings is 2. The van der Waals surface area contributed by atoms with Crippen molar-refractivity contribution in [2.45, 2.75) is 26.2 Å². The fourth-order valence-electron chi connectivity index (χ4n) is 2.51. The molecule has 1 amide bonds. The normalized spacial score (nSPS) is 11.7. The number of nitrogens with one attached hydrogen (secondary N) is 1. The molecule has 2 aromatic carbocycles. The van der Waals surface area contributed by atoms with Crippen LogP contribution in [0.4, 0.5) is 5.69 Å². The van der Waals surface area contributed by atoms with Crippen molar-refractivity contribution < 1.29 is 19.4 Å². The van der Waals surface area contributed by atoms with Crippen LogP contribution in [-0.4, -0.2) is 24.1 Å². The smallest absolute Gasteiger partial charge is 0.306 e. The number of hydrogen-bond acceptors (Lipinski definition) is 3. The number of aliphatic carboxylic acids is 1. The van der Waals surface area contributed by atoms with Gasteiger partial charge in [-0.1, -0.05) is 36.7 Å². The van der Waals surface area contributed by atoms with E-state index >= 15 is 0 Å². The molecule has 0 aliphatic heterocycles. The molecule has 0 saturated heterocycles. The maximum atomic E-state index is 12.1. The van der Waals surface area contributed by atoms with Crippen LogP contribution >= 0.6 is 11.6 Å². The standard InChI is InChI=1S/C20H22ClNO4/c1-13(20(24)25)11-14-3-7-16(8-4-14)22-19(23)10-6-15-5-9-18(26-2)17(21)12-15/h3-5,7-9,12-13H,6,10-11H2,1-2H3,(H,22,23)(H,24,25). The van der Waals surface area contributed by atoms with Crippen LogP contribution in [0.5, 0.6) is 5.75 Å². The zero-order chi connectivity index (χ0) is 19.1. The van der Waals surface area contributed by atoms with E-state index in [2.05, 4.69) is 5.32 Å². The third kappa shape index (κ3) is 5.77. The quantitative estimate of drug-likeness (QED) is 0.725. The first-order valence-corrected chi connectivity index (χ1v) is 8.71. The van der Waals surface area contributed by atoms with Crippen molar-refractivity contribution in [2.75, 3.05) is 12.4 Å². The van der Waals surface area contributed by atoms with Crippen molar-refractivity contribution in [1.82, 2.24) is 0 Å². The third-order valence-corrected chi connectivity index (χ3v) is 4.35. The molecule has 2 aromatic rings. The Morgan fingerprint density at radius 3 is 2.38 bits per heavy atom. The number of ether oxygens (including phenoxy) is 1. The number of carbonyl (C=O) groups excluding carboxylic acids is 1. The fourth-order valence-corrected chi connectivity index (χ4v) is 2.79. The van der Waals surface area contributed by atoms with Crippen LogP contribution in [0.3, 0.4) is 0 Å². The van der Waals surface area contributed by atoms with Crippen LogP contribution in [0.25, 0.3) is 0 Å². The highest BCUT2D eigenvalue weighted by Gasteiger charge is 2.11. The number of rotatable bonds is 8. The number of halogens is 1. The van der Waals surface area contributed by atoms with Gasteiger partial charge in [-0.15, -0.1) is 0 Å². The van der Waals surface area contributed by atoms with Gasteiger partial charge in [-0.3, -0.25) is 9.59 Å². The summed E-state index contributed by atoms with van der Waals surface area (Å²) >= 11 is 6.08. The Morgan fingerprint density at radius 1 is 1.15 bits per heavy atom.